The zero-order valence-electron chi connectivity index (χ0n) is 16.6. The molecular weight excluding hydrogens is 380 g/mol. The first-order chi connectivity index (χ1) is 13.8. The molecule has 2 heterocycles. The van der Waals surface area contributed by atoms with Crippen molar-refractivity contribution in [3.8, 4) is 11.5 Å². The van der Waals surface area contributed by atoms with Crippen LogP contribution in [-0.4, -0.2) is 42.5 Å². The number of anilines is 2. The summed E-state index contributed by atoms with van der Waals surface area (Å²) in [6, 6.07) is 4.91. The third-order valence-electron chi connectivity index (χ3n) is 4.42. The summed E-state index contributed by atoms with van der Waals surface area (Å²) in [5, 5.41) is 0. The molecule has 0 fully saturated rings. The summed E-state index contributed by atoms with van der Waals surface area (Å²) in [6.45, 7) is 4.32. The number of nitrogen functional groups attached to an aromatic ring is 1. The Kier molecular flexibility index (Phi) is 5.92. The summed E-state index contributed by atoms with van der Waals surface area (Å²) in [5.41, 5.74) is 4.93. The van der Waals surface area contributed by atoms with E-state index in [2.05, 4.69) is 4.98 Å². The van der Waals surface area contributed by atoms with E-state index in [1.807, 2.05) is 13.8 Å². The van der Waals surface area contributed by atoms with Crippen LogP contribution in [0.3, 0.4) is 0 Å². The molecule has 0 aliphatic carbocycles. The summed E-state index contributed by atoms with van der Waals surface area (Å²) in [5.74, 6) is 0.234. The van der Waals surface area contributed by atoms with Gasteiger partial charge in [0.05, 0.1) is 12.2 Å². The number of nitrogens with one attached hydrogen (secondary N) is 1. The van der Waals surface area contributed by atoms with Gasteiger partial charge >= 0.3 is 5.69 Å². The monoisotopic (exact) mass is 404 g/mol. The van der Waals surface area contributed by atoms with Crippen LogP contribution in [0.4, 0.5) is 11.5 Å². The number of fused-ring (bicyclic) bond motifs is 1. The molecule has 1 amide bonds. The van der Waals surface area contributed by atoms with Crippen LogP contribution in [0, 0.1) is 5.92 Å². The van der Waals surface area contributed by atoms with Gasteiger partial charge in [0.15, 0.2) is 17.2 Å². The number of nitrogens with two attached hydrogens (primary N) is 1. The number of hydrogen-bond acceptors (Lipinski definition) is 7. The molecule has 3 rings (SSSR count). The molecule has 0 saturated carbocycles. The lowest BCUT2D eigenvalue weighted by molar-refractivity contribution is 0.0971. The van der Waals surface area contributed by atoms with Crippen molar-refractivity contribution >= 4 is 17.4 Å². The first-order valence-corrected chi connectivity index (χ1v) is 9.17. The van der Waals surface area contributed by atoms with Crippen molar-refractivity contribution < 1.29 is 19.0 Å². The largest absolute Gasteiger partial charge is 0.454 e. The Morgan fingerprint density at radius 2 is 2.10 bits per heavy atom. The number of amides is 1. The van der Waals surface area contributed by atoms with Gasteiger partial charge in [-0.05, 0) is 18.1 Å². The summed E-state index contributed by atoms with van der Waals surface area (Å²) < 4.78 is 17.1. The fraction of sp³-hybridized carbons (Fsp3) is 0.421. The number of aromatic nitrogens is 2. The van der Waals surface area contributed by atoms with Crippen LogP contribution in [0.5, 0.6) is 11.5 Å². The van der Waals surface area contributed by atoms with Crippen molar-refractivity contribution in [2.24, 2.45) is 5.92 Å². The van der Waals surface area contributed by atoms with Crippen LogP contribution in [-0.2, 0) is 11.3 Å². The standard InChI is InChI=1S/C19H24N4O6/c1-11(2)9-23-16(20)14(17(24)21-19(23)26)22(7-8-27-3)18(25)12-5-4-6-13-15(12)29-10-28-13/h4-6,11H,7-10,20H2,1-3H3,(H,21,24,26). The molecule has 1 aliphatic rings. The van der Waals surface area contributed by atoms with Crippen LogP contribution in [0.15, 0.2) is 27.8 Å². The van der Waals surface area contributed by atoms with Crippen molar-refractivity contribution in [2.75, 3.05) is 37.7 Å². The van der Waals surface area contributed by atoms with Gasteiger partial charge in [0.25, 0.3) is 11.5 Å². The first kappa shape index (κ1) is 20.5. The second-order valence-corrected chi connectivity index (χ2v) is 6.99. The van der Waals surface area contributed by atoms with Crippen LogP contribution >= 0.6 is 0 Å². The number of carbonyl (C=O) groups excluding carboxylic acids is 1. The van der Waals surface area contributed by atoms with Gasteiger partial charge in [-0.3, -0.25) is 24.0 Å². The highest BCUT2D eigenvalue weighted by Gasteiger charge is 2.29. The predicted octanol–water partition coefficient (Wildman–Crippen LogP) is 0.797. The Bertz CT molecular complexity index is 1030. The number of aromatic amines is 1. The van der Waals surface area contributed by atoms with E-state index in [0.29, 0.717) is 18.0 Å². The molecule has 156 valence electrons. The zero-order chi connectivity index (χ0) is 21.1. The lowest BCUT2D eigenvalue weighted by Crippen LogP contribution is -2.43. The lowest BCUT2D eigenvalue weighted by atomic mass is 10.1. The number of benzene rings is 1. The van der Waals surface area contributed by atoms with E-state index in [0.717, 1.165) is 0 Å². The molecule has 10 heteroatoms. The number of methoxy groups -OCH3 is 1. The Morgan fingerprint density at radius 1 is 1.34 bits per heavy atom. The highest BCUT2D eigenvalue weighted by molar-refractivity contribution is 6.09. The van der Waals surface area contributed by atoms with Gasteiger partial charge in [-0.25, -0.2) is 4.79 Å². The molecule has 2 aromatic rings. The highest BCUT2D eigenvalue weighted by atomic mass is 16.7. The average Bonchev–Trinajstić information content (AvgIpc) is 3.15. The highest BCUT2D eigenvalue weighted by Crippen LogP contribution is 2.36. The minimum absolute atomic E-state index is 0.000310. The van der Waals surface area contributed by atoms with Crippen molar-refractivity contribution in [3.63, 3.8) is 0 Å². The maximum Gasteiger partial charge on any atom is 0.330 e. The van der Waals surface area contributed by atoms with E-state index < -0.39 is 17.2 Å². The Balaban J connectivity index is 2.13. The summed E-state index contributed by atoms with van der Waals surface area (Å²) >= 11 is 0. The maximum atomic E-state index is 13.4. The molecular formula is C19H24N4O6. The molecule has 0 bridgehead atoms. The van der Waals surface area contributed by atoms with E-state index in [9.17, 15) is 14.4 Å². The van der Waals surface area contributed by atoms with Crippen molar-refractivity contribution in [3.05, 3.63) is 44.6 Å². The molecule has 0 radical (unpaired) electrons. The predicted molar refractivity (Wildman–Crippen MR) is 107 cm³/mol. The molecule has 0 saturated heterocycles. The second kappa shape index (κ2) is 8.39. The molecule has 1 aromatic heterocycles. The molecule has 0 unspecified atom stereocenters. The number of nitrogens with zero attached hydrogens (tertiary/aromatic N) is 2. The summed E-state index contributed by atoms with van der Waals surface area (Å²) in [7, 11) is 1.48. The van der Waals surface area contributed by atoms with Crippen LogP contribution in [0.2, 0.25) is 0 Å². The van der Waals surface area contributed by atoms with Gasteiger partial charge in [-0.1, -0.05) is 19.9 Å². The van der Waals surface area contributed by atoms with Gasteiger partial charge in [0.1, 0.15) is 5.82 Å². The Labute approximate surface area is 166 Å². The fourth-order valence-electron chi connectivity index (χ4n) is 3.13. The molecule has 0 atom stereocenters. The Morgan fingerprint density at radius 3 is 2.79 bits per heavy atom. The van der Waals surface area contributed by atoms with Gasteiger partial charge in [-0.15, -0.1) is 0 Å². The van der Waals surface area contributed by atoms with E-state index in [1.165, 1.54) is 16.6 Å². The number of carbonyl (C=O) groups is 1. The minimum atomic E-state index is -0.748. The van der Waals surface area contributed by atoms with Gasteiger partial charge in [0.2, 0.25) is 6.79 Å². The lowest BCUT2D eigenvalue weighted by Gasteiger charge is -2.25. The van der Waals surface area contributed by atoms with Gasteiger partial charge < -0.3 is 19.9 Å². The van der Waals surface area contributed by atoms with E-state index in [-0.39, 0.29) is 42.9 Å². The number of ether oxygens (including phenoxy) is 3. The second-order valence-electron chi connectivity index (χ2n) is 6.99. The number of rotatable bonds is 7. The third kappa shape index (κ3) is 3.97. The Hall–Kier alpha value is -3.27. The molecule has 0 spiro atoms. The third-order valence-corrected chi connectivity index (χ3v) is 4.42. The fourth-order valence-corrected chi connectivity index (χ4v) is 3.13. The minimum Gasteiger partial charge on any atom is -0.454 e. The summed E-state index contributed by atoms with van der Waals surface area (Å²) in [6.07, 6.45) is 0. The molecule has 3 N–H and O–H groups in total. The van der Waals surface area contributed by atoms with Crippen LogP contribution < -0.4 is 31.4 Å². The normalized spacial score (nSPS) is 12.4. The maximum absolute atomic E-state index is 13.4. The SMILES string of the molecule is COCCN(C(=O)c1cccc2c1OCO2)c1c(N)n(CC(C)C)c(=O)[nH]c1=O. The van der Waals surface area contributed by atoms with Gasteiger partial charge in [0, 0.05) is 20.2 Å². The van der Waals surface area contributed by atoms with E-state index in [4.69, 9.17) is 19.9 Å². The molecule has 1 aliphatic heterocycles. The molecule has 1 aromatic carbocycles. The van der Waals surface area contributed by atoms with Crippen molar-refractivity contribution in [1.29, 1.82) is 0 Å². The van der Waals surface area contributed by atoms with E-state index >= 15 is 0 Å². The van der Waals surface area contributed by atoms with Crippen molar-refractivity contribution in [2.45, 2.75) is 20.4 Å². The topological polar surface area (TPSA) is 129 Å². The number of hydrogen-bond donors (Lipinski definition) is 2. The number of H-pyrrole nitrogens is 1. The zero-order valence-corrected chi connectivity index (χ0v) is 16.6. The van der Waals surface area contributed by atoms with Crippen molar-refractivity contribution in [1.82, 2.24) is 9.55 Å². The first-order valence-electron chi connectivity index (χ1n) is 9.17. The van der Waals surface area contributed by atoms with E-state index in [1.54, 1.807) is 18.2 Å². The average molecular weight is 404 g/mol. The molecule has 29 heavy (non-hydrogen) atoms. The smallest absolute Gasteiger partial charge is 0.330 e. The van der Waals surface area contributed by atoms with Crippen LogP contribution in [0.1, 0.15) is 24.2 Å². The molecule has 10 nitrogen and oxygen atoms in total. The quantitative estimate of drug-likeness (QED) is 0.698. The van der Waals surface area contributed by atoms with Gasteiger partial charge in [-0.2, -0.15) is 0 Å². The van der Waals surface area contributed by atoms with Crippen LogP contribution in [0.25, 0.3) is 0 Å². The summed E-state index contributed by atoms with van der Waals surface area (Å²) in [4.78, 5) is 41.7. The number of para-hydroxylation sites is 1.